The Kier molecular flexibility index (Phi) is 4.97. The molecule has 21 heavy (non-hydrogen) atoms. The van der Waals surface area contributed by atoms with Crippen molar-refractivity contribution in [3.63, 3.8) is 0 Å². The van der Waals surface area contributed by atoms with Crippen LogP contribution in [-0.2, 0) is 14.8 Å². The van der Waals surface area contributed by atoms with E-state index < -0.39 is 15.9 Å². The molecule has 116 valence electrons. The van der Waals surface area contributed by atoms with Crippen LogP contribution < -0.4 is 11.1 Å². The van der Waals surface area contributed by atoms with Crippen LogP contribution in [-0.4, -0.2) is 44.3 Å². The lowest BCUT2D eigenvalue weighted by atomic mass is 10.1. The Morgan fingerprint density at radius 2 is 1.86 bits per heavy atom. The van der Waals surface area contributed by atoms with Crippen molar-refractivity contribution in [2.75, 3.05) is 19.6 Å². The number of piperidine rings is 1. The van der Waals surface area contributed by atoms with E-state index in [1.165, 1.54) is 4.31 Å². The van der Waals surface area contributed by atoms with E-state index in [-0.39, 0.29) is 17.5 Å². The molecule has 0 unspecified atom stereocenters. The number of hydrogen-bond acceptors (Lipinski definition) is 4. The van der Waals surface area contributed by atoms with Crippen LogP contribution in [0.25, 0.3) is 0 Å². The van der Waals surface area contributed by atoms with Crippen molar-refractivity contribution in [1.82, 2.24) is 9.62 Å². The summed E-state index contributed by atoms with van der Waals surface area (Å²) in [5.41, 5.74) is 6.22. The molecule has 1 saturated heterocycles. The highest BCUT2D eigenvalue weighted by Crippen LogP contribution is 2.22. The fourth-order valence-corrected chi connectivity index (χ4v) is 4.16. The van der Waals surface area contributed by atoms with Crippen molar-refractivity contribution in [2.45, 2.75) is 30.7 Å². The van der Waals surface area contributed by atoms with E-state index in [2.05, 4.69) is 5.32 Å². The molecule has 1 aromatic rings. The second-order valence-corrected chi connectivity index (χ2v) is 7.20. The van der Waals surface area contributed by atoms with Gasteiger partial charge in [-0.15, -0.1) is 0 Å². The number of carbonyl (C=O) groups excluding carboxylic acids is 1. The summed E-state index contributed by atoms with van der Waals surface area (Å²) < 4.78 is 26.8. The molecule has 0 bridgehead atoms. The first kappa shape index (κ1) is 15.9. The van der Waals surface area contributed by atoms with Crippen LogP contribution in [0.4, 0.5) is 0 Å². The predicted molar refractivity (Wildman–Crippen MR) is 80.2 cm³/mol. The van der Waals surface area contributed by atoms with E-state index in [9.17, 15) is 13.2 Å². The summed E-state index contributed by atoms with van der Waals surface area (Å²) in [6, 6.07) is 6.44. The molecule has 1 amide bonds. The van der Waals surface area contributed by atoms with Crippen molar-refractivity contribution in [2.24, 2.45) is 5.73 Å². The Labute approximate surface area is 125 Å². The van der Waals surface area contributed by atoms with Crippen LogP contribution in [0.5, 0.6) is 0 Å². The number of amides is 1. The van der Waals surface area contributed by atoms with E-state index in [1.54, 1.807) is 24.3 Å². The molecule has 2 rings (SSSR count). The molecule has 1 fully saturated rings. The Balaban J connectivity index is 2.33. The predicted octanol–water partition coefficient (Wildman–Crippen LogP) is 0.223. The molecule has 1 aliphatic rings. The molecule has 1 aromatic carbocycles. The average Bonchev–Trinajstić information content (AvgIpc) is 2.46. The van der Waals surface area contributed by atoms with Crippen LogP contribution in [0.2, 0.25) is 0 Å². The molecule has 1 aliphatic heterocycles. The Morgan fingerprint density at radius 3 is 2.38 bits per heavy atom. The van der Waals surface area contributed by atoms with Gasteiger partial charge in [0.2, 0.25) is 15.9 Å². The normalized spacial score (nSPS) is 17.0. The Hall–Kier alpha value is -1.44. The minimum Gasteiger partial charge on any atom is -0.369 e. The van der Waals surface area contributed by atoms with Crippen molar-refractivity contribution in [3.8, 4) is 0 Å². The molecular weight excluding hydrogens is 290 g/mol. The van der Waals surface area contributed by atoms with Gasteiger partial charge in [-0.2, -0.15) is 4.31 Å². The number of carbonyl (C=O) groups is 1. The van der Waals surface area contributed by atoms with E-state index in [0.717, 1.165) is 18.7 Å². The van der Waals surface area contributed by atoms with Gasteiger partial charge in [-0.1, -0.05) is 17.7 Å². The first-order chi connectivity index (χ1) is 9.91. The summed E-state index contributed by atoms with van der Waals surface area (Å²) in [6.45, 7) is 3.10. The molecule has 3 N–H and O–H groups in total. The maximum Gasteiger partial charge on any atom is 0.243 e. The second-order valence-electron chi connectivity index (χ2n) is 5.31. The van der Waals surface area contributed by atoms with Gasteiger partial charge in [0, 0.05) is 6.04 Å². The van der Waals surface area contributed by atoms with Crippen LogP contribution >= 0.6 is 0 Å². The third-order valence-electron chi connectivity index (χ3n) is 3.66. The van der Waals surface area contributed by atoms with Crippen LogP contribution in [0.15, 0.2) is 29.2 Å². The lowest BCUT2D eigenvalue weighted by Crippen LogP contribution is -2.49. The molecule has 0 atom stereocenters. The average molecular weight is 311 g/mol. The molecular formula is C14H21N3O3S. The van der Waals surface area contributed by atoms with Gasteiger partial charge in [-0.25, -0.2) is 8.42 Å². The lowest BCUT2D eigenvalue weighted by Gasteiger charge is -2.32. The smallest absolute Gasteiger partial charge is 0.243 e. The SMILES string of the molecule is Cc1ccc(S(=O)(=O)N(CC(N)=O)C2CCNCC2)cc1. The minimum absolute atomic E-state index is 0.190. The first-order valence-corrected chi connectivity index (χ1v) is 8.43. The van der Waals surface area contributed by atoms with E-state index in [4.69, 9.17) is 5.73 Å². The van der Waals surface area contributed by atoms with Crippen molar-refractivity contribution >= 4 is 15.9 Å². The molecule has 7 heteroatoms. The van der Waals surface area contributed by atoms with Gasteiger partial charge in [0.05, 0.1) is 11.4 Å². The fraction of sp³-hybridized carbons (Fsp3) is 0.500. The highest BCUT2D eigenvalue weighted by atomic mass is 32.2. The summed E-state index contributed by atoms with van der Waals surface area (Å²) in [5, 5.41) is 3.18. The van der Waals surface area contributed by atoms with Gasteiger partial charge >= 0.3 is 0 Å². The molecule has 0 aromatic heterocycles. The fourth-order valence-electron chi connectivity index (χ4n) is 2.50. The van der Waals surface area contributed by atoms with Crippen LogP contribution in [0.3, 0.4) is 0 Å². The molecule has 0 saturated carbocycles. The summed E-state index contributed by atoms with van der Waals surface area (Å²) in [6.07, 6.45) is 1.36. The summed E-state index contributed by atoms with van der Waals surface area (Å²) >= 11 is 0. The number of sulfonamides is 1. The summed E-state index contributed by atoms with van der Waals surface area (Å²) in [4.78, 5) is 11.5. The maximum atomic E-state index is 12.8. The second kappa shape index (κ2) is 6.55. The maximum absolute atomic E-state index is 12.8. The number of aryl methyl sites for hydroxylation is 1. The number of nitrogens with one attached hydrogen (secondary N) is 1. The van der Waals surface area contributed by atoms with Crippen LogP contribution in [0.1, 0.15) is 18.4 Å². The molecule has 1 heterocycles. The third-order valence-corrected chi connectivity index (χ3v) is 5.57. The number of benzene rings is 1. The van der Waals surface area contributed by atoms with Crippen LogP contribution in [0, 0.1) is 6.92 Å². The van der Waals surface area contributed by atoms with Crippen molar-refractivity contribution in [3.05, 3.63) is 29.8 Å². The van der Waals surface area contributed by atoms with Gasteiger partial charge in [0.25, 0.3) is 0 Å². The van der Waals surface area contributed by atoms with Gasteiger partial charge < -0.3 is 11.1 Å². The van der Waals surface area contributed by atoms with Gasteiger partial charge in [-0.05, 0) is 45.0 Å². The molecule has 0 spiro atoms. The van der Waals surface area contributed by atoms with Gasteiger partial charge in [-0.3, -0.25) is 4.79 Å². The first-order valence-electron chi connectivity index (χ1n) is 6.99. The minimum atomic E-state index is -3.71. The van der Waals surface area contributed by atoms with E-state index in [0.29, 0.717) is 12.8 Å². The topological polar surface area (TPSA) is 92.5 Å². The number of primary amides is 1. The lowest BCUT2D eigenvalue weighted by molar-refractivity contribution is -0.118. The Bertz CT molecular complexity index is 592. The zero-order valence-electron chi connectivity index (χ0n) is 12.1. The number of hydrogen-bond donors (Lipinski definition) is 2. The summed E-state index contributed by atoms with van der Waals surface area (Å²) in [5.74, 6) is -0.635. The van der Waals surface area contributed by atoms with E-state index in [1.807, 2.05) is 6.92 Å². The van der Waals surface area contributed by atoms with Crippen molar-refractivity contribution < 1.29 is 13.2 Å². The third kappa shape index (κ3) is 3.81. The number of rotatable bonds is 5. The van der Waals surface area contributed by atoms with Gasteiger partial charge in [0.1, 0.15) is 0 Å². The highest BCUT2D eigenvalue weighted by Gasteiger charge is 2.33. The van der Waals surface area contributed by atoms with Crippen molar-refractivity contribution in [1.29, 1.82) is 0 Å². The summed E-state index contributed by atoms with van der Waals surface area (Å²) in [7, 11) is -3.71. The molecule has 6 nitrogen and oxygen atoms in total. The Morgan fingerprint density at radius 1 is 1.29 bits per heavy atom. The quantitative estimate of drug-likeness (QED) is 0.814. The highest BCUT2D eigenvalue weighted by molar-refractivity contribution is 7.89. The number of nitrogens with two attached hydrogens (primary N) is 1. The zero-order valence-corrected chi connectivity index (χ0v) is 12.9. The molecule has 0 aliphatic carbocycles. The zero-order chi connectivity index (χ0) is 15.5. The number of nitrogens with zero attached hydrogens (tertiary/aromatic N) is 1. The largest absolute Gasteiger partial charge is 0.369 e. The monoisotopic (exact) mass is 311 g/mol. The standard InChI is InChI=1S/C14H21N3O3S/c1-11-2-4-13(5-3-11)21(19,20)17(10-14(15)18)12-6-8-16-9-7-12/h2-5,12,16H,6-10H2,1H3,(H2,15,18). The molecule has 0 radical (unpaired) electrons. The van der Waals surface area contributed by atoms with E-state index >= 15 is 0 Å². The van der Waals surface area contributed by atoms with Gasteiger partial charge in [0.15, 0.2) is 0 Å².